The molecule has 1 aromatic heterocycles. The van der Waals surface area contributed by atoms with Crippen molar-refractivity contribution in [3.63, 3.8) is 0 Å². The van der Waals surface area contributed by atoms with Gasteiger partial charge in [-0.25, -0.2) is 9.78 Å². The summed E-state index contributed by atoms with van der Waals surface area (Å²) in [7, 11) is 3.02. The van der Waals surface area contributed by atoms with Gasteiger partial charge in [-0.15, -0.1) is 0 Å². The number of carboxylic acid groups (broad SMARTS) is 1. The minimum Gasteiger partial charge on any atom is -0.481 e. The number of aromatic nitrogens is 1. The van der Waals surface area contributed by atoms with E-state index in [1.54, 1.807) is 19.1 Å². The minimum atomic E-state index is -0.940. The molecule has 0 aromatic carbocycles. The Hall–Kier alpha value is -2.31. The van der Waals surface area contributed by atoms with Crippen molar-refractivity contribution in [1.82, 2.24) is 9.88 Å². The van der Waals surface area contributed by atoms with Crippen LogP contribution in [-0.2, 0) is 4.79 Å². The van der Waals surface area contributed by atoms with Gasteiger partial charge in [0.2, 0.25) is 5.88 Å². The summed E-state index contributed by atoms with van der Waals surface area (Å²) in [4.78, 5) is 27.8. The van der Waals surface area contributed by atoms with Gasteiger partial charge in [0, 0.05) is 31.5 Å². The molecule has 0 spiro atoms. The molecule has 0 aliphatic heterocycles. The summed E-state index contributed by atoms with van der Waals surface area (Å²) < 4.78 is 4.94. The molecule has 2 N–H and O–H groups in total. The third-order valence-electron chi connectivity index (χ3n) is 2.51. The lowest BCUT2D eigenvalue weighted by Crippen LogP contribution is -2.36. The van der Waals surface area contributed by atoms with E-state index in [-0.39, 0.29) is 12.6 Å². The Bertz CT molecular complexity index is 464. The van der Waals surface area contributed by atoms with Crippen molar-refractivity contribution >= 4 is 17.7 Å². The Labute approximate surface area is 111 Å². The molecule has 2 amide bonds. The fourth-order valence-corrected chi connectivity index (χ4v) is 1.39. The van der Waals surface area contributed by atoms with Crippen molar-refractivity contribution < 1.29 is 19.4 Å². The molecule has 1 unspecified atom stereocenters. The lowest BCUT2D eigenvalue weighted by molar-refractivity contribution is -0.141. The molecule has 1 aromatic rings. The highest BCUT2D eigenvalue weighted by Gasteiger charge is 2.17. The van der Waals surface area contributed by atoms with Crippen LogP contribution >= 0.6 is 0 Å². The molecule has 1 rings (SSSR count). The molecule has 0 radical (unpaired) electrons. The number of urea groups is 1. The van der Waals surface area contributed by atoms with Crippen LogP contribution < -0.4 is 10.1 Å². The molecule has 1 atom stereocenters. The normalized spacial score (nSPS) is 11.5. The average molecular weight is 267 g/mol. The summed E-state index contributed by atoms with van der Waals surface area (Å²) in [6.45, 7) is 1.67. The molecule has 0 saturated carbocycles. The van der Waals surface area contributed by atoms with E-state index in [4.69, 9.17) is 9.84 Å². The van der Waals surface area contributed by atoms with E-state index in [9.17, 15) is 9.59 Å². The van der Waals surface area contributed by atoms with Gasteiger partial charge in [-0.05, 0) is 6.07 Å². The van der Waals surface area contributed by atoms with Crippen molar-refractivity contribution in [2.45, 2.75) is 6.92 Å². The number of carboxylic acids is 1. The lowest BCUT2D eigenvalue weighted by Gasteiger charge is -2.20. The lowest BCUT2D eigenvalue weighted by atomic mass is 10.2. The first-order chi connectivity index (χ1) is 8.93. The maximum Gasteiger partial charge on any atom is 0.321 e. The molecule has 0 fully saturated rings. The topological polar surface area (TPSA) is 91.8 Å². The molecule has 104 valence electrons. The smallest absolute Gasteiger partial charge is 0.321 e. The number of aliphatic carboxylic acids is 1. The van der Waals surface area contributed by atoms with Gasteiger partial charge in [0.25, 0.3) is 0 Å². The number of methoxy groups -OCH3 is 1. The van der Waals surface area contributed by atoms with Crippen molar-refractivity contribution in [3.05, 3.63) is 18.3 Å². The molecule has 0 bridgehead atoms. The van der Waals surface area contributed by atoms with Crippen molar-refractivity contribution in [1.29, 1.82) is 0 Å². The minimum absolute atomic E-state index is 0.128. The second kappa shape index (κ2) is 6.58. The van der Waals surface area contributed by atoms with Crippen LogP contribution in [-0.4, -0.2) is 47.7 Å². The number of amides is 2. The van der Waals surface area contributed by atoms with Gasteiger partial charge in [-0.1, -0.05) is 6.92 Å². The zero-order valence-electron chi connectivity index (χ0n) is 11.1. The zero-order chi connectivity index (χ0) is 14.4. The van der Waals surface area contributed by atoms with Crippen LogP contribution in [0.15, 0.2) is 18.3 Å². The number of ether oxygens (including phenoxy) is 1. The third kappa shape index (κ3) is 4.46. The van der Waals surface area contributed by atoms with Gasteiger partial charge in [0.1, 0.15) is 0 Å². The van der Waals surface area contributed by atoms with Gasteiger partial charge in [0.05, 0.1) is 13.0 Å². The first-order valence-corrected chi connectivity index (χ1v) is 5.69. The maximum absolute atomic E-state index is 11.8. The van der Waals surface area contributed by atoms with Gasteiger partial charge in [0.15, 0.2) is 0 Å². The fraction of sp³-hybridized carbons (Fsp3) is 0.417. The number of carbonyl (C=O) groups excluding carboxylic acids is 1. The number of nitrogens with one attached hydrogen (secondary N) is 1. The first-order valence-electron chi connectivity index (χ1n) is 5.69. The van der Waals surface area contributed by atoms with E-state index in [1.165, 1.54) is 25.3 Å². The molecule has 0 aliphatic carbocycles. The Morgan fingerprint density at radius 3 is 2.84 bits per heavy atom. The standard InChI is InChI=1S/C12H17N3O4/c1-8(11(16)17)7-15(2)12(18)14-9-4-5-13-10(6-9)19-3/h4-6,8H,7H2,1-3H3,(H,16,17)(H,13,14,18). The van der Waals surface area contributed by atoms with E-state index < -0.39 is 11.9 Å². The summed E-state index contributed by atoms with van der Waals surface area (Å²) >= 11 is 0. The highest BCUT2D eigenvalue weighted by atomic mass is 16.5. The molecular formula is C12H17N3O4. The molecule has 0 saturated heterocycles. The van der Waals surface area contributed by atoms with Crippen molar-refractivity contribution in [3.8, 4) is 5.88 Å². The highest BCUT2D eigenvalue weighted by Crippen LogP contribution is 2.14. The third-order valence-corrected chi connectivity index (χ3v) is 2.51. The Morgan fingerprint density at radius 2 is 2.26 bits per heavy atom. The van der Waals surface area contributed by atoms with Gasteiger partial charge < -0.3 is 20.1 Å². The number of carbonyl (C=O) groups is 2. The predicted molar refractivity (Wildman–Crippen MR) is 69.2 cm³/mol. The summed E-state index contributed by atoms with van der Waals surface area (Å²) in [6.07, 6.45) is 1.51. The van der Waals surface area contributed by atoms with Crippen LogP contribution in [0.4, 0.5) is 10.5 Å². The number of hydrogen-bond donors (Lipinski definition) is 2. The van der Waals surface area contributed by atoms with Crippen LogP contribution in [0, 0.1) is 5.92 Å². The zero-order valence-corrected chi connectivity index (χ0v) is 11.1. The monoisotopic (exact) mass is 267 g/mol. The molecule has 19 heavy (non-hydrogen) atoms. The predicted octanol–water partition coefficient (Wildman–Crippen LogP) is 1.27. The SMILES string of the molecule is COc1cc(NC(=O)N(C)CC(C)C(=O)O)ccn1. The van der Waals surface area contributed by atoms with E-state index >= 15 is 0 Å². The van der Waals surface area contributed by atoms with Crippen LogP contribution in [0.25, 0.3) is 0 Å². The molecular weight excluding hydrogens is 250 g/mol. The summed E-state index contributed by atoms with van der Waals surface area (Å²) in [5.74, 6) is -1.17. The number of nitrogens with zero attached hydrogens (tertiary/aromatic N) is 2. The maximum atomic E-state index is 11.8. The summed E-state index contributed by atoms with van der Waals surface area (Å²) in [5.41, 5.74) is 0.534. The number of anilines is 1. The molecule has 7 heteroatoms. The van der Waals surface area contributed by atoms with Crippen LogP contribution in [0.5, 0.6) is 5.88 Å². The van der Waals surface area contributed by atoms with E-state index in [2.05, 4.69) is 10.3 Å². The van der Waals surface area contributed by atoms with E-state index in [0.717, 1.165) is 0 Å². The molecule has 7 nitrogen and oxygen atoms in total. The summed E-state index contributed by atoms with van der Waals surface area (Å²) in [5, 5.41) is 11.4. The van der Waals surface area contributed by atoms with Crippen molar-refractivity contribution in [2.75, 3.05) is 26.0 Å². The van der Waals surface area contributed by atoms with Gasteiger partial charge in [-0.3, -0.25) is 4.79 Å². The number of hydrogen-bond acceptors (Lipinski definition) is 4. The average Bonchev–Trinajstić information content (AvgIpc) is 2.38. The Morgan fingerprint density at radius 1 is 1.58 bits per heavy atom. The van der Waals surface area contributed by atoms with Gasteiger partial charge in [-0.2, -0.15) is 0 Å². The highest BCUT2D eigenvalue weighted by molar-refractivity contribution is 5.89. The van der Waals surface area contributed by atoms with Crippen LogP contribution in [0.1, 0.15) is 6.92 Å². The van der Waals surface area contributed by atoms with Gasteiger partial charge >= 0.3 is 12.0 Å². The Balaban J connectivity index is 2.60. The van der Waals surface area contributed by atoms with Crippen LogP contribution in [0.3, 0.4) is 0 Å². The fourth-order valence-electron chi connectivity index (χ4n) is 1.39. The van der Waals surface area contributed by atoms with E-state index in [1.807, 2.05) is 0 Å². The largest absolute Gasteiger partial charge is 0.481 e. The Kier molecular flexibility index (Phi) is 5.11. The molecule has 1 heterocycles. The summed E-state index contributed by atoms with van der Waals surface area (Å²) in [6, 6.07) is 2.81. The number of rotatable bonds is 5. The second-order valence-corrected chi connectivity index (χ2v) is 4.14. The molecule has 0 aliphatic rings. The van der Waals surface area contributed by atoms with E-state index in [0.29, 0.717) is 11.6 Å². The second-order valence-electron chi connectivity index (χ2n) is 4.14. The first kappa shape index (κ1) is 14.7. The van der Waals surface area contributed by atoms with Crippen LogP contribution in [0.2, 0.25) is 0 Å². The quantitative estimate of drug-likeness (QED) is 0.838. The number of pyridine rings is 1. The van der Waals surface area contributed by atoms with Crippen molar-refractivity contribution in [2.24, 2.45) is 5.92 Å².